The first kappa shape index (κ1) is 12.1. The first-order chi connectivity index (χ1) is 30.6. The van der Waals surface area contributed by atoms with E-state index in [0.717, 1.165) is 4.57 Å². The van der Waals surface area contributed by atoms with Crippen LogP contribution in [0.5, 0.6) is 0 Å². The maximum Gasteiger partial charge on any atom is 0.172 e. The molecule has 0 fully saturated rings. The fourth-order valence-corrected chi connectivity index (χ4v) is 5.77. The van der Waals surface area contributed by atoms with Crippen molar-refractivity contribution in [2.24, 2.45) is 0 Å². The minimum absolute atomic E-state index is 0.0286. The first-order valence-electron chi connectivity index (χ1n) is 23.5. The molecule has 0 radical (unpaired) electrons. The van der Waals surface area contributed by atoms with Crippen LogP contribution in [0, 0.1) is 0 Å². The van der Waals surface area contributed by atoms with E-state index < -0.39 is 143 Å². The molecule has 10 rings (SSSR count). The maximum absolute atomic E-state index is 9.24. The summed E-state index contributed by atoms with van der Waals surface area (Å²) in [5.74, 6) is -0.385. The Kier molecular flexibility index (Phi) is 2.45. The summed E-state index contributed by atoms with van der Waals surface area (Å²) in [7, 11) is 0. The number of nitrogens with zero attached hydrogens (tertiary/aromatic N) is 4. The van der Waals surface area contributed by atoms with Crippen LogP contribution in [-0.4, -0.2) is 19.1 Å². The third-order valence-corrected chi connectivity index (χ3v) is 7.63. The molecule has 0 bridgehead atoms. The van der Waals surface area contributed by atoms with Gasteiger partial charge in [0.05, 0.1) is 61.4 Å². The highest BCUT2D eigenvalue weighted by Crippen LogP contribution is 2.38. The van der Waals surface area contributed by atoms with Gasteiger partial charge in [0.15, 0.2) is 11.4 Å². The van der Waals surface area contributed by atoms with E-state index in [1.807, 2.05) is 0 Å². The molecule has 210 valence electrons. The molecule has 4 heterocycles. The molecule has 0 aliphatic rings. The maximum atomic E-state index is 9.24. The summed E-state index contributed by atoms with van der Waals surface area (Å²) in [6, 6.07) is -8.85. The number of furan rings is 1. The van der Waals surface area contributed by atoms with Gasteiger partial charge in [-0.15, -0.1) is 0 Å². The van der Waals surface area contributed by atoms with Crippen LogP contribution in [0.15, 0.2) is 150 Å². The van der Waals surface area contributed by atoms with Crippen LogP contribution in [0.2, 0.25) is 0 Å². The van der Waals surface area contributed by atoms with Gasteiger partial charge in [-0.2, -0.15) is 0 Å². The lowest BCUT2D eigenvalue weighted by Gasteiger charge is -2.12. The number of hydrogen-bond acceptors (Lipinski definition) is 3. The van der Waals surface area contributed by atoms with E-state index in [9.17, 15) is 2.74 Å². The van der Waals surface area contributed by atoms with E-state index in [0.29, 0.717) is 0 Å². The highest BCUT2D eigenvalue weighted by molar-refractivity contribution is 6.11. The average molecular weight is 597 g/mol. The van der Waals surface area contributed by atoms with Gasteiger partial charge in [-0.25, -0.2) is 9.97 Å². The number of benzene rings is 6. The average Bonchev–Trinajstić information content (AvgIpc) is 3.97. The zero-order chi connectivity index (χ0) is 46.9. The second-order valence-electron chi connectivity index (χ2n) is 9.98. The Hall–Kier alpha value is -6.20. The molecule has 0 atom stereocenters. The largest absolute Gasteiger partial charge is 0.453 e. The fraction of sp³-hybridized carbons (Fsp3) is 0. The number of fused-ring (bicyclic) bond motifs is 9. The molecule has 0 aliphatic carbocycles. The topological polar surface area (TPSA) is 48.8 Å². The van der Waals surface area contributed by atoms with Crippen molar-refractivity contribution in [1.82, 2.24) is 19.1 Å². The fourth-order valence-electron chi connectivity index (χ4n) is 5.77. The quantitative estimate of drug-likeness (QED) is 0.204. The standard InChI is InChI=1S/C40H24N4O/c1-6-16-32-26(11-1)27-12-2-7-17-33(27)43(32)25-21-22-37-31(23-25)39-38(45-37)24-41-40(42-39)30-15-5-10-20-36(30)44-34-18-8-3-13-28(34)29-14-4-9-19-35(29)44/h1-24H/i1D,2D,3D,4D,5D,6D,7D,8D,9D,10D,11D,12D,13D,14D,15D,16D,17D,18D,19D,20D. The Morgan fingerprint density at radius 2 is 1.07 bits per heavy atom. The van der Waals surface area contributed by atoms with Crippen molar-refractivity contribution in [3.63, 3.8) is 0 Å². The number of rotatable bonds is 3. The zero-order valence-electron chi connectivity index (χ0n) is 42.5. The van der Waals surface area contributed by atoms with E-state index in [4.69, 9.17) is 34.1 Å². The summed E-state index contributed by atoms with van der Waals surface area (Å²) >= 11 is 0. The number of para-hydroxylation sites is 5. The lowest BCUT2D eigenvalue weighted by Crippen LogP contribution is -1.99. The highest BCUT2D eigenvalue weighted by atomic mass is 16.3. The van der Waals surface area contributed by atoms with Crippen LogP contribution in [0.25, 0.3) is 88.4 Å². The Morgan fingerprint density at radius 3 is 1.69 bits per heavy atom. The van der Waals surface area contributed by atoms with E-state index in [-0.39, 0.29) is 66.2 Å². The van der Waals surface area contributed by atoms with Gasteiger partial charge in [0.25, 0.3) is 0 Å². The molecule has 0 unspecified atom stereocenters. The van der Waals surface area contributed by atoms with Crippen LogP contribution >= 0.6 is 0 Å². The summed E-state index contributed by atoms with van der Waals surface area (Å²) in [5.41, 5.74) is -1.65. The molecular formula is C40H24N4O. The molecule has 0 N–H and O–H groups in total. The second kappa shape index (κ2) is 9.15. The summed E-state index contributed by atoms with van der Waals surface area (Å²) in [6.45, 7) is 0. The van der Waals surface area contributed by atoms with Crippen molar-refractivity contribution in [2.45, 2.75) is 0 Å². The number of hydrogen-bond donors (Lipinski definition) is 0. The Bertz CT molecular complexity index is 3760. The second-order valence-corrected chi connectivity index (χ2v) is 9.98. The van der Waals surface area contributed by atoms with Crippen LogP contribution in [0.3, 0.4) is 0 Å². The molecule has 0 amide bonds. The van der Waals surface area contributed by atoms with E-state index in [1.165, 1.54) is 29.0 Å². The van der Waals surface area contributed by atoms with Gasteiger partial charge in [-0.3, -0.25) is 0 Å². The molecule has 0 saturated heterocycles. The van der Waals surface area contributed by atoms with Gasteiger partial charge in [-0.05, 0) is 54.5 Å². The molecule has 0 spiro atoms. The summed E-state index contributed by atoms with van der Waals surface area (Å²) < 4.78 is 183. The van der Waals surface area contributed by atoms with Crippen LogP contribution in [0.1, 0.15) is 27.4 Å². The van der Waals surface area contributed by atoms with Gasteiger partial charge < -0.3 is 13.6 Å². The minimum atomic E-state index is -0.799. The van der Waals surface area contributed by atoms with Crippen molar-refractivity contribution in [3.05, 3.63) is 145 Å². The molecule has 6 aromatic carbocycles. The Balaban J connectivity index is 1.33. The van der Waals surface area contributed by atoms with Gasteiger partial charge in [0.2, 0.25) is 0 Å². The monoisotopic (exact) mass is 596 g/mol. The predicted molar refractivity (Wildman–Crippen MR) is 183 cm³/mol. The van der Waals surface area contributed by atoms with Gasteiger partial charge in [0, 0.05) is 38.2 Å². The molecule has 10 aromatic rings. The number of aromatic nitrogens is 4. The normalized spacial score (nSPS) is 18.2. The lowest BCUT2D eigenvalue weighted by molar-refractivity contribution is 0.666. The van der Waals surface area contributed by atoms with Crippen molar-refractivity contribution < 1.29 is 31.8 Å². The van der Waals surface area contributed by atoms with Crippen molar-refractivity contribution in [3.8, 4) is 22.8 Å². The van der Waals surface area contributed by atoms with Crippen LogP contribution in [-0.2, 0) is 0 Å². The van der Waals surface area contributed by atoms with E-state index >= 15 is 0 Å². The smallest absolute Gasteiger partial charge is 0.172 e. The third-order valence-electron chi connectivity index (χ3n) is 7.63. The van der Waals surface area contributed by atoms with Gasteiger partial charge in [0.1, 0.15) is 11.1 Å². The molecular weight excluding hydrogens is 552 g/mol. The summed E-state index contributed by atoms with van der Waals surface area (Å²) in [6.07, 6.45) is 1.21. The Labute approximate surface area is 285 Å². The predicted octanol–water partition coefficient (Wildman–Crippen LogP) is 10.2. The molecule has 0 saturated carbocycles. The van der Waals surface area contributed by atoms with Gasteiger partial charge in [-0.1, -0.05) is 84.6 Å². The lowest BCUT2D eigenvalue weighted by atomic mass is 10.1. The van der Waals surface area contributed by atoms with Gasteiger partial charge >= 0.3 is 0 Å². The molecule has 5 nitrogen and oxygen atoms in total. The van der Waals surface area contributed by atoms with Crippen molar-refractivity contribution in [1.29, 1.82) is 0 Å². The zero-order valence-corrected chi connectivity index (χ0v) is 22.5. The Morgan fingerprint density at radius 1 is 0.533 bits per heavy atom. The first-order valence-corrected chi connectivity index (χ1v) is 13.5. The van der Waals surface area contributed by atoms with Crippen LogP contribution in [0.4, 0.5) is 0 Å². The summed E-state index contributed by atoms with van der Waals surface area (Å²) in [4.78, 5) is 9.13. The highest BCUT2D eigenvalue weighted by Gasteiger charge is 2.19. The van der Waals surface area contributed by atoms with Crippen molar-refractivity contribution in [2.75, 3.05) is 0 Å². The SMILES string of the molecule is [2H]c1c([2H])c([2H])c(-n2c3c([2H])c([2H])c([2H])c([2H])c3c3c([2H])c([2H])c([2H])c([2H])c32)c(-c2ncc3oc4ccc(-n5c6c([2H])c([2H])c([2H])c([2H])c6c6c([2H])c([2H])c([2H])c([2H])c65)cc4c3n2)c1[2H]. The van der Waals surface area contributed by atoms with E-state index in [2.05, 4.69) is 4.98 Å². The summed E-state index contributed by atoms with van der Waals surface area (Å²) in [5, 5.41) is -0.752. The van der Waals surface area contributed by atoms with E-state index in [1.54, 1.807) is 0 Å². The third kappa shape index (κ3) is 3.43. The molecule has 4 aromatic heterocycles. The molecule has 0 aliphatic heterocycles. The van der Waals surface area contributed by atoms with Crippen molar-refractivity contribution >= 4 is 65.7 Å². The molecule has 45 heavy (non-hydrogen) atoms. The van der Waals surface area contributed by atoms with Crippen LogP contribution < -0.4 is 0 Å². The minimum Gasteiger partial charge on any atom is -0.453 e. The molecule has 5 heteroatoms.